The van der Waals surface area contributed by atoms with Gasteiger partial charge in [-0.15, -0.1) is 0 Å². The van der Waals surface area contributed by atoms with E-state index < -0.39 is 11.7 Å². The van der Waals surface area contributed by atoms with Gasteiger partial charge in [0.05, 0.1) is 16.9 Å². The molecule has 1 atom stereocenters. The molecule has 0 bridgehead atoms. The van der Waals surface area contributed by atoms with Crippen LogP contribution in [0.3, 0.4) is 0 Å². The van der Waals surface area contributed by atoms with Crippen LogP contribution in [0.4, 0.5) is 24.5 Å². The van der Waals surface area contributed by atoms with Crippen LogP contribution in [0.2, 0.25) is 0 Å². The Kier molecular flexibility index (Phi) is 9.99. The Hall–Kier alpha value is -3.11. The fourth-order valence-corrected chi connectivity index (χ4v) is 7.48. The number of anilines is 2. The molecule has 236 valence electrons. The first-order valence-corrected chi connectivity index (χ1v) is 16.8. The molecule has 0 aromatic heterocycles. The van der Waals surface area contributed by atoms with E-state index in [1.807, 2.05) is 24.3 Å². The van der Waals surface area contributed by atoms with Gasteiger partial charge >= 0.3 is 6.18 Å². The predicted octanol–water partition coefficient (Wildman–Crippen LogP) is 8.69. The third-order valence-corrected chi connectivity index (χ3v) is 10.4. The second kappa shape index (κ2) is 14.1. The van der Waals surface area contributed by atoms with Crippen molar-refractivity contribution in [2.24, 2.45) is 5.92 Å². The molecular weight excluding hydrogens is 612 g/mol. The van der Waals surface area contributed by atoms with Gasteiger partial charge < -0.3 is 14.5 Å². The normalized spacial score (nSPS) is 16.3. The highest BCUT2D eigenvalue weighted by molar-refractivity contribution is 7.99. The smallest absolute Gasteiger partial charge is 0.416 e. The summed E-state index contributed by atoms with van der Waals surface area (Å²) in [5.41, 5.74) is 2.30. The monoisotopic (exact) mass is 649 g/mol. The highest BCUT2D eigenvalue weighted by Crippen LogP contribution is 2.49. The minimum absolute atomic E-state index is 0.153. The van der Waals surface area contributed by atoms with E-state index in [0.717, 1.165) is 67.6 Å². The number of benzene rings is 4. The zero-order valence-corrected chi connectivity index (χ0v) is 27.1. The predicted molar refractivity (Wildman–Crippen MR) is 182 cm³/mol. The van der Waals surface area contributed by atoms with Crippen LogP contribution in [0.25, 0.3) is 10.8 Å². The number of ether oxygens (including phenoxy) is 1. The van der Waals surface area contributed by atoms with Crippen molar-refractivity contribution in [2.45, 2.75) is 35.7 Å². The second-order valence-corrected chi connectivity index (χ2v) is 13.3. The Balaban J connectivity index is 0.949. The molecule has 4 aromatic carbocycles. The van der Waals surface area contributed by atoms with E-state index in [9.17, 15) is 13.2 Å². The summed E-state index contributed by atoms with van der Waals surface area (Å²) >= 11 is 7.18. The Bertz CT molecular complexity index is 1630. The van der Waals surface area contributed by atoms with Gasteiger partial charge in [-0.1, -0.05) is 73.3 Å². The van der Waals surface area contributed by atoms with Crippen LogP contribution in [0.5, 0.6) is 0 Å². The zero-order chi connectivity index (χ0) is 31.4. The molecule has 45 heavy (non-hydrogen) atoms. The quantitative estimate of drug-likeness (QED) is 0.159. The van der Waals surface area contributed by atoms with Crippen molar-refractivity contribution in [1.82, 2.24) is 9.80 Å². The standard InChI is InChI=1S/C36H38F3N3OS2/c1-26(24-28-10-6-9-27-8-2-3-11-30(27)28)35(44)43-23-22-41-20-18-40(19-21-41)16-7-17-42-31-12-4-5-13-33(31)45-34-15-14-29(25-32(34)42)36(37,38)39/h2-6,8-15,25-26H,7,16-24H2,1H3. The molecule has 0 radical (unpaired) electrons. The van der Waals surface area contributed by atoms with E-state index in [1.54, 1.807) is 6.07 Å². The van der Waals surface area contributed by atoms with Crippen LogP contribution < -0.4 is 4.90 Å². The molecule has 6 rings (SSSR count). The fraction of sp³-hybridized carbons (Fsp3) is 0.361. The van der Waals surface area contributed by atoms with Gasteiger partial charge in [0.2, 0.25) is 0 Å². The van der Waals surface area contributed by atoms with E-state index in [1.165, 1.54) is 40.2 Å². The molecule has 2 aliphatic rings. The number of para-hydroxylation sites is 1. The molecule has 1 unspecified atom stereocenters. The lowest BCUT2D eigenvalue weighted by molar-refractivity contribution is -0.137. The molecular formula is C36H38F3N3OS2. The third kappa shape index (κ3) is 7.65. The maximum Gasteiger partial charge on any atom is 0.416 e. The minimum Gasteiger partial charge on any atom is -0.485 e. The first-order valence-electron chi connectivity index (χ1n) is 15.6. The lowest BCUT2D eigenvalue weighted by Gasteiger charge is -2.36. The number of nitrogens with zero attached hydrogens (tertiary/aromatic N) is 3. The number of halogens is 3. The Labute approximate surface area is 273 Å². The molecule has 4 nitrogen and oxygen atoms in total. The summed E-state index contributed by atoms with van der Waals surface area (Å²) in [5, 5.41) is 3.19. The highest BCUT2D eigenvalue weighted by atomic mass is 32.2. The Morgan fingerprint density at radius 1 is 0.822 bits per heavy atom. The van der Waals surface area contributed by atoms with Gasteiger partial charge in [-0.2, -0.15) is 13.2 Å². The van der Waals surface area contributed by atoms with Crippen molar-refractivity contribution < 1.29 is 17.9 Å². The van der Waals surface area contributed by atoms with Crippen molar-refractivity contribution in [1.29, 1.82) is 0 Å². The number of hydrogen-bond acceptors (Lipinski definition) is 6. The van der Waals surface area contributed by atoms with Crippen LogP contribution in [0.1, 0.15) is 24.5 Å². The molecule has 0 spiro atoms. The van der Waals surface area contributed by atoms with E-state index in [0.29, 0.717) is 23.9 Å². The molecule has 4 aromatic rings. The lowest BCUT2D eigenvalue weighted by Crippen LogP contribution is -2.47. The van der Waals surface area contributed by atoms with Crippen LogP contribution in [-0.2, 0) is 17.3 Å². The Morgan fingerprint density at radius 2 is 1.51 bits per heavy atom. The van der Waals surface area contributed by atoms with Crippen molar-refractivity contribution in [3.63, 3.8) is 0 Å². The summed E-state index contributed by atoms with van der Waals surface area (Å²) in [6.45, 7) is 8.98. The summed E-state index contributed by atoms with van der Waals surface area (Å²) in [6, 6.07) is 26.9. The van der Waals surface area contributed by atoms with Gasteiger partial charge in [-0.3, -0.25) is 4.90 Å². The minimum atomic E-state index is -4.37. The van der Waals surface area contributed by atoms with Crippen LogP contribution in [0, 0.1) is 5.92 Å². The number of thiocarbonyl (C=S) groups is 1. The number of fused-ring (bicyclic) bond motifs is 3. The van der Waals surface area contributed by atoms with Gasteiger partial charge in [0, 0.05) is 55.0 Å². The molecule has 0 saturated carbocycles. The van der Waals surface area contributed by atoms with Gasteiger partial charge in [-0.05, 0) is 78.3 Å². The van der Waals surface area contributed by atoms with E-state index in [4.69, 9.17) is 17.0 Å². The number of rotatable bonds is 10. The first kappa shape index (κ1) is 31.9. The maximum absolute atomic E-state index is 13.5. The third-order valence-electron chi connectivity index (χ3n) is 8.73. The molecule has 1 saturated heterocycles. The summed E-state index contributed by atoms with van der Waals surface area (Å²) in [5.74, 6) is 0.153. The van der Waals surface area contributed by atoms with Gasteiger partial charge in [0.15, 0.2) is 5.05 Å². The second-order valence-electron chi connectivity index (χ2n) is 11.8. The van der Waals surface area contributed by atoms with Crippen LogP contribution >= 0.6 is 24.0 Å². The average molecular weight is 650 g/mol. The molecule has 0 amide bonds. The lowest BCUT2D eigenvalue weighted by atomic mass is 9.96. The van der Waals surface area contributed by atoms with Gasteiger partial charge in [0.1, 0.15) is 6.61 Å². The molecule has 0 N–H and O–H groups in total. The van der Waals surface area contributed by atoms with Gasteiger partial charge in [-0.25, -0.2) is 0 Å². The molecule has 2 aliphatic heterocycles. The first-order chi connectivity index (χ1) is 21.8. The number of hydrogen-bond donors (Lipinski definition) is 0. The Morgan fingerprint density at radius 3 is 2.31 bits per heavy atom. The van der Waals surface area contributed by atoms with Gasteiger partial charge in [0.25, 0.3) is 0 Å². The maximum atomic E-state index is 13.5. The highest BCUT2D eigenvalue weighted by Gasteiger charge is 2.33. The average Bonchev–Trinajstić information content (AvgIpc) is 3.04. The molecule has 0 aliphatic carbocycles. The van der Waals surface area contributed by atoms with E-state index in [-0.39, 0.29) is 5.92 Å². The van der Waals surface area contributed by atoms with Crippen LogP contribution in [-0.4, -0.2) is 67.3 Å². The molecule has 2 heterocycles. The summed E-state index contributed by atoms with van der Waals surface area (Å²) in [7, 11) is 0. The van der Waals surface area contributed by atoms with Crippen molar-refractivity contribution in [3.05, 3.63) is 96.1 Å². The van der Waals surface area contributed by atoms with Crippen molar-refractivity contribution in [2.75, 3.05) is 57.3 Å². The molecule has 1 fully saturated rings. The van der Waals surface area contributed by atoms with E-state index >= 15 is 0 Å². The van der Waals surface area contributed by atoms with Crippen molar-refractivity contribution >= 4 is 51.2 Å². The SMILES string of the molecule is CC(Cc1cccc2ccccc12)C(=S)OCCN1CCN(CCCN2c3ccccc3Sc3ccc(C(F)(F)F)cc32)CC1. The topological polar surface area (TPSA) is 19.0 Å². The summed E-state index contributed by atoms with van der Waals surface area (Å²) in [6.07, 6.45) is -2.65. The fourth-order valence-electron chi connectivity index (χ4n) is 6.24. The number of piperazine rings is 1. The number of alkyl halides is 3. The zero-order valence-electron chi connectivity index (χ0n) is 25.4. The summed E-state index contributed by atoms with van der Waals surface area (Å²) in [4.78, 5) is 8.87. The van der Waals surface area contributed by atoms with Crippen LogP contribution in [0.15, 0.2) is 94.7 Å². The largest absolute Gasteiger partial charge is 0.485 e. The van der Waals surface area contributed by atoms with Crippen molar-refractivity contribution in [3.8, 4) is 0 Å². The molecule has 9 heteroatoms. The van der Waals surface area contributed by atoms with E-state index in [2.05, 4.69) is 64.1 Å². The summed E-state index contributed by atoms with van der Waals surface area (Å²) < 4.78 is 46.6.